The second kappa shape index (κ2) is 14.0. The largest absolute Gasteiger partial charge is 0.388 e. The third kappa shape index (κ3) is 7.10. The molecule has 0 aromatic carbocycles. The zero-order chi connectivity index (χ0) is 31.1. The molecule has 42 heavy (non-hydrogen) atoms. The molecule has 4 rings (SSSR count). The Labute approximate surface area is 237 Å². The average molecular weight is 597 g/mol. The van der Waals surface area contributed by atoms with Gasteiger partial charge < -0.3 is 14.6 Å². The highest BCUT2D eigenvalue weighted by Crippen LogP contribution is 2.37. The molecule has 228 valence electrons. The number of hydrogen-bond donors (Lipinski definition) is 3. The normalized spacial score (nSPS) is 29.5. The highest BCUT2D eigenvalue weighted by Gasteiger charge is 2.40. The first-order valence-electron chi connectivity index (χ1n) is 13.0. The standard InChI is InChI=1S/C11H16FN6O3.C11H17N6O4/c1-6-10(12)7(15-16-13)3-4-9(21-6)11-8(18(19)20)5-14-17(11)2;1-6-11(18)7(14-15-12)3-4-9(21-6)10-8(17(19)20)5-13-16(10)2/h5-7,9-10,13H,3-4H2,1-2H3;5-7,9,11-12,18H,3-4H2,1-2H3/q2*+1/t6-,7+,9-,10-;6-,7+,9-,11+/m00/s1. The summed E-state index contributed by atoms with van der Waals surface area (Å²) in [6, 6.07) is -1.32. The van der Waals surface area contributed by atoms with E-state index in [1.54, 1.807) is 21.0 Å². The molecule has 19 nitrogen and oxygen atoms in total. The van der Waals surface area contributed by atoms with Crippen molar-refractivity contribution in [3.63, 3.8) is 0 Å². The van der Waals surface area contributed by atoms with Crippen LogP contribution in [0.25, 0.3) is 0 Å². The van der Waals surface area contributed by atoms with Gasteiger partial charge in [0.05, 0.1) is 22.1 Å². The van der Waals surface area contributed by atoms with Gasteiger partial charge in [0, 0.05) is 14.1 Å². The molecular weight excluding hydrogens is 563 g/mol. The number of aliphatic hydroxyl groups excluding tert-OH is 1. The lowest BCUT2D eigenvalue weighted by molar-refractivity contribution is -0.386. The smallest absolute Gasteiger partial charge is 0.312 e. The number of aliphatic hydroxyl groups is 1. The molecule has 2 saturated heterocycles. The van der Waals surface area contributed by atoms with E-state index >= 15 is 0 Å². The van der Waals surface area contributed by atoms with E-state index in [4.69, 9.17) is 20.5 Å². The predicted molar refractivity (Wildman–Crippen MR) is 138 cm³/mol. The van der Waals surface area contributed by atoms with Crippen LogP contribution in [0.5, 0.6) is 0 Å². The number of alkyl halides is 1. The van der Waals surface area contributed by atoms with Crippen LogP contribution < -0.4 is 9.82 Å². The Hall–Kier alpha value is -4.35. The molecule has 0 amide bonds. The fraction of sp³-hybridized carbons (Fsp3) is 0.727. The molecule has 4 heterocycles. The van der Waals surface area contributed by atoms with Crippen LogP contribution >= 0.6 is 0 Å². The van der Waals surface area contributed by atoms with Gasteiger partial charge in [0.1, 0.15) is 63.4 Å². The van der Waals surface area contributed by atoms with Crippen LogP contribution in [-0.4, -0.2) is 71.1 Å². The van der Waals surface area contributed by atoms with E-state index in [9.17, 15) is 29.7 Å². The lowest BCUT2D eigenvalue weighted by Crippen LogP contribution is -2.34. The van der Waals surface area contributed by atoms with E-state index in [0.29, 0.717) is 37.1 Å². The SMILES string of the molecule is C[C@@H]1O[C@H](c2c([N+](=O)[O-])cnn2C)CC[C@@H](N=[N+]=N)[C@@H]1O.C[C@@H]1O[C@H](c2c([N+](=O)[O-])cnn2C)CC[C@@H](N=[N+]=N)[C@H]1F. The summed E-state index contributed by atoms with van der Waals surface area (Å²) in [6.45, 7) is 3.20. The monoisotopic (exact) mass is 596 g/mol. The van der Waals surface area contributed by atoms with E-state index in [-0.39, 0.29) is 11.4 Å². The third-order valence-electron chi connectivity index (χ3n) is 7.24. The van der Waals surface area contributed by atoms with Gasteiger partial charge in [-0.15, -0.1) is 0 Å². The Morgan fingerprint density at radius 1 is 0.905 bits per heavy atom. The van der Waals surface area contributed by atoms with Crippen molar-refractivity contribution in [2.45, 2.75) is 88.3 Å². The van der Waals surface area contributed by atoms with Gasteiger partial charge in [-0.2, -0.15) is 10.2 Å². The van der Waals surface area contributed by atoms with Gasteiger partial charge >= 0.3 is 11.4 Å². The van der Waals surface area contributed by atoms with Crippen LogP contribution in [0.3, 0.4) is 0 Å². The quantitative estimate of drug-likeness (QED) is 0.191. The van der Waals surface area contributed by atoms with E-state index < -0.39 is 58.6 Å². The van der Waals surface area contributed by atoms with Crippen molar-refractivity contribution in [2.24, 2.45) is 24.3 Å². The maximum absolute atomic E-state index is 14.1. The second-order valence-corrected chi connectivity index (χ2v) is 9.91. The van der Waals surface area contributed by atoms with Crippen molar-refractivity contribution >= 4 is 11.4 Å². The van der Waals surface area contributed by atoms with Crippen LogP contribution in [-0.2, 0) is 23.6 Å². The highest BCUT2D eigenvalue weighted by atomic mass is 19.1. The maximum Gasteiger partial charge on any atom is 0.312 e. The number of ether oxygens (including phenoxy) is 2. The Kier molecular flexibility index (Phi) is 10.7. The van der Waals surface area contributed by atoms with Gasteiger partial charge in [-0.25, -0.2) is 4.39 Å². The van der Waals surface area contributed by atoms with Crippen LogP contribution in [0.2, 0.25) is 0 Å². The fourth-order valence-electron chi connectivity index (χ4n) is 5.11. The molecule has 0 radical (unpaired) electrons. The molecule has 3 N–H and O–H groups in total. The zero-order valence-electron chi connectivity index (χ0n) is 23.3. The van der Waals surface area contributed by atoms with Gasteiger partial charge in [-0.05, 0) is 39.5 Å². The first-order chi connectivity index (χ1) is 19.9. The Bertz CT molecular complexity index is 1270. The Morgan fingerprint density at radius 2 is 1.33 bits per heavy atom. The molecule has 20 heteroatoms. The minimum Gasteiger partial charge on any atom is -0.388 e. The summed E-state index contributed by atoms with van der Waals surface area (Å²) in [5.74, 6) is 0. The number of rotatable bonds is 6. The van der Waals surface area contributed by atoms with Gasteiger partial charge in [0.25, 0.3) is 0 Å². The van der Waals surface area contributed by atoms with Crippen molar-refractivity contribution < 1.29 is 28.8 Å². The predicted octanol–water partition coefficient (Wildman–Crippen LogP) is 2.67. The molecule has 2 aromatic heterocycles. The van der Waals surface area contributed by atoms with Crippen molar-refractivity contribution in [3.05, 3.63) is 44.0 Å². The zero-order valence-corrected chi connectivity index (χ0v) is 23.3. The van der Waals surface area contributed by atoms with Gasteiger partial charge in [-0.3, -0.25) is 29.6 Å². The molecule has 0 spiro atoms. The number of nitrogens with one attached hydrogen (secondary N) is 2. The fourth-order valence-corrected chi connectivity index (χ4v) is 5.11. The van der Waals surface area contributed by atoms with E-state index in [0.717, 1.165) is 6.20 Å². The van der Waals surface area contributed by atoms with E-state index in [1.807, 2.05) is 0 Å². The van der Waals surface area contributed by atoms with Gasteiger partial charge in [-0.1, -0.05) is 0 Å². The van der Waals surface area contributed by atoms with Crippen LogP contribution in [0.4, 0.5) is 15.8 Å². The molecule has 2 aromatic rings. The topological polar surface area (TPSA) is 261 Å². The van der Waals surface area contributed by atoms with E-state index in [1.165, 1.54) is 22.5 Å². The summed E-state index contributed by atoms with van der Waals surface area (Å²) in [6.07, 6.45) is -1.08. The average Bonchev–Trinajstić information content (AvgIpc) is 3.45. The number of aryl methyl sites for hydroxylation is 2. The second-order valence-electron chi connectivity index (χ2n) is 9.91. The van der Waals surface area contributed by atoms with Crippen molar-refractivity contribution in [3.8, 4) is 0 Å². The summed E-state index contributed by atoms with van der Waals surface area (Å²) in [4.78, 5) is 26.9. The van der Waals surface area contributed by atoms with Crippen molar-refractivity contribution in [2.75, 3.05) is 0 Å². The molecule has 2 aliphatic heterocycles. The van der Waals surface area contributed by atoms with Gasteiger partial charge in [0.15, 0.2) is 18.3 Å². The summed E-state index contributed by atoms with van der Waals surface area (Å²) >= 11 is 0. The molecule has 2 fully saturated rings. The first kappa shape index (κ1) is 32.2. The summed E-state index contributed by atoms with van der Waals surface area (Å²) in [5, 5.41) is 47.2. The molecule has 0 bridgehead atoms. The van der Waals surface area contributed by atoms with Crippen molar-refractivity contribution in [1.29, 1.82) is 11.1 Å². The highest BCUT2D eigenvalue weighted by molar-refractivity contribution is 5.35. The summed E-state index contributed by atoms with van der Waals surface area (Å²) in [5.41, 5.74) is 13.9. The minimum atomic E-state index is -1.41. The van der Waals surface area contributed by atoms with Crippen molar-refractivity contribution in [1.82, 2.24) is 29.4 Å². The third-order valence-corrected chi connectivity index (χ3v) is 7.24. The minimum absolute atomic E-state index is 0.107. The number of aromatic nitrogens is 4. The summed E-state index contributed by atoms with van der Waals surface area (Å²) < 4.78 is 28.3. The number of nitro groups is 2. The maximum atomic E-state index is 14.1. The number of nitrogens with zero attached hydrogens (tertiary/aromatic N) is 10. The molecular formula is C22H33FN12O7+2. The first-order valence-corrected chi connectivity index (χ1v) is 13.0. The molecule has 8 atom stereocenters. The number of hydrogen-bond acceptors (Lipinski definition) is 13. The Balaban J connectivity index is 0.000000230. The van der Waals surface area contributed by atoms with Crippen LogP contribution in [0.15, 0.2) is 22.6 Å². The van der Waals surface area contributed by atoms with Gasteiger partial charge in [0.2, 0.25) is 9.82 Å². The molecule has 2 aliphatic rings. The Morgan fingerprint density at radius 3 is 1.79 bits per heavy atom. The summed E-state index contributed by atoms with van der Waals surface area (Å²) in [7, 11) is 3.19. The molecule has 0 aliphatic carbocycles. The van der Waals surface area contributed by atoms with Crippen LogP contribution in [0, 0.1) is 31.3 Å². The molecule has 0 unspecified atom stereocenters. The lowest BCUT2D eigenvalue weighted by atomic mass is 10.0. The van der Waals surface area contributed by atoms with Crippen LogP contribution in [0.1, 0.15) is 63.1 Å². The van der Waals surface area contributed by atoms with E-state index in [2.05, 4.69) is 30.2 Å². The molecule has 0 saturated carbocycles. The lowest BCUT2D eigenvalue weighted by Gasteiger charge is -2.21. The number of halogens is 1.